The largest absolute Gasteiger partial charge is 0.439 e. The summed E-state index contributed by atoms with van der Waals surface area (Å²) in [6, 6.07) is 9.67. The summed E-state index contributed by atoms with van der Waals surface area (Å²) < 4.78 is 19.1. The molecule has 110 valence electrons. The number of benzene rings is 1. The van der Waals surface area contributed by atoms with Crippen LogP contribution in [0.3, 0.4) is 0 Å². The predicted octanol–water partition coefficient (Wildman–Crippen LogP) is 4.22. The fourth-order valence-corrected chi connectivity index (χ4v) is 1.89. The lowest BCUT2D eigenvalue weighted by molar-refractivity contribution is -0.388. The number of rotatable bonds is 3. The Morgan fingerprint density at radius 1 is 1.19 bits per heavy atom. The zero-order valence-corrected chi connectivity index (χ0v) is 12.0. The zero-order valence-electron chi connectivity index (χ0n) is 12.0. The number of hydrogen-bond acceptors (Lipinski definition) is 4. The highest BCUT2D eigenvalue weighted by molar-refractivity contribution is 5.41. The van der Waals surface area contributed by atoms with Gasteiger partial charge in [0.15, 0.2) is 0 Å². The van der Waals surface area contributed by atoms with E-state index in [4.69, 9.17) is 4.74 Å². The van der Waals surface area contributed by atoms with Crippen LogP contribution >= 0.6 is 0 Å². The van der Waals surface area contributed by atoms with E-state index < -0.39 is 16.6 Å². The van der Waals surface area contributed by atoms with E-state index in [1.54, 1.807) is 12.1 Å². The van der Waals surface area contributed by atoms with Gasteiger partial charge in [-0.25, -0.2) is 0 Å². The van der Waals surface area contributed by atoms with Crippen molar-refractivity contribution < 1.29 is 14.1 Å². The average molecular weight is 290 g/mol. The first kappa shape index (κ1) is 14.9. The molecule has 21 heavy (non-hydrogen) atoms. The Kier molecular flexibility index (Phi) is 3.88. The molecule has 0 saturated carbocycles. The van der Waals surface area contributed by atoms with Crippen LogP contribution in [0.5, 0.6) is 11.6 Å². The Hall–Kier alpha value is -2.50. The van der Waals surface area contributed by atoms with Crippen molar-refractivity contribution in [1.29, 1.82) is 0 Å². The minimum Gasteiger partial charge on any atom is -0.439 e. The molecule has 0 unspecified atom stereocenters. The Labute approximate surface area is 121 Å². The number of nitrogens with zero attached hydrogens (tertiary/aromatic N) is 2. The normalized spacial score (nSPS) is 11.2. The Morgan fingerprint density at radius 2 is 1.86 bits per heavy atom. The van der Waals surface area contributed by atoms with Gasteiger partial charge < -0.3 is 4.74 Å². The Morgan fingerprint density at radius 3 is 2.43 bits per heavy atom. The number of nitro groups is 1. The average Bonchev–Trinajstić information content (AvgIpc) is 2.37. The smallest absolute Gasteiger partial charge is 0.324 e. The van der Waals surface area contributed by atoms with Crippen LogP contribution in [0, 0.1) is 16.1 Å². The zero-order chi connectivity index (χ0) is 15.6. The lowest BCUT2D eigenvalue weighted by Crippen LogP contribution is -2.12. The van der Waals surface area contributed by atoms with Crippen LogP contribution in [0.15, 0.2) is 36.4 Å². The van der Waals surface area contributed by atoms with E-state index in [0.29, 0.717) is 5.75 Å². The monoisotopic (exact) mass is 290 g/mol. The van der Waals surface area contributed by atoms with Crippen LogP contribution in [0.1, 0.15) is 26.3 Å². The topological polar surface area (TPSA) is 65.3 Å². The van der Waals surface area contributed by atoms with Crippen molar-refractivity contribution in [3.63, 3.8) is 0 Å². The number of aromatic nitrogens is 1. The molecule has 0 atom stereocenters. The van der Waals surface area contributed by atoms with E-state index in [2.05, 4.69) is 4.98 Å². The summed E-state index contributed by atoms with van der Waals surface area (Å²) >= 11 is 0. The third-order valence-corrected chi connectivity index (χ3v) is 2.91. The van der Waals surface area contributed by atoms with Crippen molar-refractivity contribution in [2.75, 3.05) is 0 Å². The molecule has 0 bridgehead atoms. The SMILES string of the molecule is CC(C)(C)c1ccccc1Oc1ccc([N+](=O)[O-])c(F)n1. The predicted molar refractivity (Wildman–Crippen MR) is 76.1 cm³/mol. The van der Waals surface area contributed by atoms with E-state index in [1.807, 2.05) is 32.9 Å². The van der Waals surface area contributed by atoms with Crippen LogP contribution in [0.25, 0.3) is 0 Å². The third-order valence-electron chi connectivity index (χ3n) is 2.91. The molecule has 0 aliphatic carbocycles. The summed E-state index contributed by atoms with van der Waals surface area (Å²) in [4.78, 5) is 13.2. The van der Waals surface area contributed by atoms with E-state index in [9.17, 15) is 14.5 Å². The molecule has 1 aromatic carbocycles. The molecule has 2 rings (SSSR count). The Bertz CT molecular complexity index is 681. The molecule has 0 amide bonds. The van der Waals surface area contributed by atoms with E-state index in [0.717, 1.165) is 11.6 Å². The minimum absolute atomic E-state index is 0.0187. The van der Waals surface area contributed by atoms with Gasteiger partial charge in [-0.15, -0.1) is 0 Å². The minimum atomic E-state index is -1.16. The van der Waals surface area contributed by atoms with Crippen LogP contribution < -0.4 is 4.74 Å². The maximum Gasteiger partial charge on any atom is 0.324 e. The van der Waals surface area contributed by atoms with Crippen molar-refractivity contribution in [1.82, 2.24) is 4.98 Å². The number of hydrogen-bond donors (Lipinski definition) is 0. The molecule has 0 radical (unpaired) electrons. The van der Waals surface area contributed by atoms with Gasteiger partial charge in [0.25, 0.3) is 5.95 Å². The molecule has 5 nitrogen and oxygen atoms in total. The van der Waals surface area contributed by atoms with Gasteiger partial charge in [-0.05, 0) is 11.5 Å². The second kappa shape index (κ2) is 5.47. The molecule has 0 saturated heterocycles. The summed E-state index contributed by atoms with van der Waals surface area (Å²) in [5.74, 6) is -0.633. The molecule has 2 aromatic rings. The first-order chi connectivity index (χ1) is 9.79. The van der Waals surface area contributed by atoms with Gasteiger partial charge in [-0.3, -0.25) is 10.1 Å². The van der Waals surface area contributed by atoms with Crippen molar-refractivity contribution in [2.24, 2.45) is 0 Å². The van der Waals surface area contributed by atoms with Crippen LogP contribution in [-0.4, -0.2) is 9.91 Å². The summed E-state index contributed by atoms with van der Waals surface area (Å²) in [7, 11) is 0. The molecule has 0 N–H and O–H groups in total. The van der Waals surface area contributed by atoms with Crippen molar-refractivity contribution >= 4 is 5.69 Å². The summed E-state index contributed by atoms with van der Waals surface area (Å²) in [5, 5.41) is 10.6. The molecular weight excluding hydrogens is 275 g/mol. The van der Waals surface area contributed by atoms with Crippen LogP contribution in [0.2, 0.25) is 0 Å². The number of pyridine rings is 1. The first-order valence-electron chi connectivity index (χ1n) is 6.37. The highest BCUT2D eigenvalue weighted by atomic mass is 19.1. The summed E-state index contributed by atoms with van der Waals surface area (Å²) in [6.07, 6.45) is 0. The summed E-state index contributed by atoms with van der Waals surface area (Å²) in [6.45, 7) is 6.08. The van der Waals surface area contributed by atoms with Crippen LogP contribution in [-0.2, 0) is 5.41 Å². The van der Waals surface area contributed by atoms with E-state index in [-0.39, 0.29) is 11.3 Å². The van der Waals surface area contributed by atoms with Gasteiger partial charge >= 0.3 is 5.69 Å². The highest BCUT2D eigenvalue weighted by Crippen LogP contribution is 2.33. The van der Waals surface area contributed by atoms with E-state index in [1.165, 1.54) is 6.07 Å². The number of halogens is 1. The van der Waals surface area contributed by atoms with Gasteiger partial charge in [-0.2, -0.15) is 9.37 Å². The van der Waals surface area contributed by atoms with Gasteiger partial charge in [0.2, 0.25) is 5.88 Å². The standard InChI is InChI=1S/C15H15FN2O3/c1-15(2,3)10-6-4-5-7-12(10)21-13-9-8-11(18(19)20)14(16)17-13/h4-9H,1-3H3. The summed E-state index contributed by atoms with van der Waals surface area (Å²) in [5.41, 5.74) is 0.104. The Balaban J connectivity index is 2.35. The third kappa shape index (κ3) is 3.34. The van der Waals surface area contributed by atoms with Gasteiger partial charge in [0.1, 0.15) is 5.75 Å². The van der Waals surface area contributed by atoms with Crippen molar-refractivity contribution in [2.45, 2.75) is 26.2 Å². The van der Waals surface area contributed by atoms with E-state index >= 15 is 0 Å². The lowest BCUT2D eigenvalue weighted by Gasteiger charge is -2.22. The molecule has 0 aliphatic heterocycles. The molecule has 1 aromatic heterocycles. The van der Waals surface area contributed by atoms with Crippen molar-refractivity contribution in [3.8, 4) is 11.6 Å². The second-order valence-corrected chi connectivity index (χ2v) is 5.56. The second-order valence-electron chi connectivity index (χ2n) is 5.56. The maximum absolute atomic E-state index is 13.5. The molecule has 6 heteroatoms. The maximum atomic E-state index is 13.5. The molecule has 1 heterocycles. The lowest BCUT2D eigenvalue weighted by atomic mass is 9.86. The molecule has 0 spiro atoms. The quantitative estimate of drug-likeness (QED) is 0.482. The highest BCUT2D eigenvalue weighted by Gasteiger charge is 2.20. The number of ether oxygens (including phenoxy) is 1. The van der Waals surface area contributed by atoms with Crippen molar-refractivity contribution in [3.05, 3.63) is 58.0 Å². The first-order valence-corrected chi connectivity index (χ1v) is 6.37. The fraction of sp³-hybridized carbons (Fsp3) is 0.267. The molecular formula is C15H15FN2O3. The number of para-hydroxylation sites is 1. The van der Waals surface area contributed by atoms with Crippen LogP contribution in [0.4, 0.5) is 10.1 Å². The van der Waals surface area contributed by atoms with Gasteiger partial charge in [-0.1, -0.05) is 39.0 Å². The van der Waals surface area contributed by atoms with Gasteiger partial charge in [0.05, 0.1) is 4.92 Å². The van der Waals surface area contributed by atoms with Gasteiger partial charge in [0, 0.05) is 17.7 Å². The molecule has 0 aliphatic rings. The molecule has 0 fully saturated rings. The fourth-order valence-electron chi connectivity index (χ4n) is 1.89.